The average Bonchev–Trinajstić information content (AvgIpc) is 2.94. The fourth-order valence-corrected chi connectivity index (χ4v) is 2.94. The Morgan fingerprint density at radius 3 is 3.00 bits per heavy atom. The van der Waals surface area contributed by atoms with Gasteiger partial charge in [0.1, 0.15) is 11.6 Å². The van der Waals surface area contributed by atoms with Gasteiger partial charge >= 0.3 is 0 Å². The lowest BCUT2D eigenvalue weighted by Crippen LogP contribution is -2.31. The van der Waals surface area contributed by atoms with Crippen molar-refractivity contribution in [3.8, 4) is 0 Å². The molecule has 1 aromatic carbocycles. The molecule has 1 amide bonds. The Labute approximate surface area is 138 Å². The van der Waals surface area contributed by atoms with Crippen molar-refractivity contribution >= 4 is 29.0 Å². The van der Waals surface area contributed by atoms with Crippen molar-refractivity contribution in [3.05, 3.63) is 46.6 Å². The van der Waals surface area contributed by atoms with E-state index in [0.29, 0.717) is 11.5 Å². The molecule has 3 rings (SSSR count). The molecule has 1 N–H and O–H groups in total. The van der Waals surface area contributed by atoms with Gasteiger partial charge in [-0.3, -0.25) is 4.79 Å². The highest BCUT2D eigenvalue weighted by Crippen LogP contribution is 2.29. The lowest BCUT2D eigenvalue weighted by atomic mass is 10.2. The average molecular weight is 335 g/mol. The van der Waals surface area contributed by atoms with E-state index in [2.05, 4.69) is 15.3 Å². The molecule has 7 heteroatoms. The molecule has 0 aliphatic heterocycles. The number of likely N-dealkylation sites (N-methyl/N-ethyl adjacent to an activating group) is 1. The fourth-order valence-electron chi connectivity index (χ4n) is 2.76. The van der Waals surface area contributed by atoms with Crippen LogP contribution < -0.4 is 10.2 Å². The van der Waals surface area contributed by atoms with E-state index >= 15 is 0 Å². The van der Waals surface area contributed by atoms with E-state index in [9.17, 15) is 9.18 Å². The number of carbonyl (C=O) groups is 1. The number of hydrogen-bond donors (Lipinski definition) is 1. The standard InChI is InChI=1S/C16H16ClFN4O/c1-22(9-14(23)19-11-5-2-4-10(18)8-11)15-12-6-3-7-13(12)20-16(17)21-15/h2,4-5,8H,3,6-7,9H2,1H3,(H,19,23). The third-order valence-electron chi connectivity index (χ3n) is 3.73. The van der Waals surface area contributed by atoms with Crippen LogP contribution in [0.2, 0.25) is 5.28 Å². The van der Waals surface area contributed by atoms with Gasteiger partial charge in [-0.2, -0.15) is 0 Å². The largest absolute Gasteiger partial charge is 0.350 e. The van der Waals surface area contributed by atoms with Crippen LogP contribution in [-0.4, -0.2) is 29.5 Å². The lowest BCUT2D eigenvalue weighted by Gasteiger charge is -2.20. The SMILES string of the molecule is CN(CC(=O)Nc1cccc(F)c1)c1nc(Cl)nc2c1CCC2. The maximum absolute atomic E-state index is 13.1. The Balaban J connectivity index is 1.72. The summed E-state index contributed by atoms with van der Waals surface area (Å²) in [6, 6.07) is 5.79. The molecular weight excluding hydrogens is 319 g/mol. The molecular formula is C16H16ClFN4O. The summed E-state index contributed by atoms with van der Waals surface area (Å²) in [5, 5.41) is 2.86. The highest BCUT2D eigenvalue weighted by Gasteiger charge is 2.22. The third-order valence-corrected chi connectivity index (χ3v) is 3.90. The number of amides is 1. The molecule has 0 fully saturated rings. The van der Waals surface area contributed by atoms with Crippen LogP contribution >= 0.6 is 11.6 Å². The molecule has 0 radical (unpaired) electrons. The second kappa shape index (κ2) is 6.50. The van der Waals surface area contributed by atoms with Gasteiger partial charge in [0, 0.05) is 18.3 Å². The van der Waals surface area contributed by atoms with Crippen LogP contribution in [0, 0.1) is 5.82 Å². The second-order valence-corrected chi connectivity index (χ2v) is 5.85. The van der Waals surface area contributed by atoms with Crippen molar-refractivity contribution < 1.29 is 9.18 Å². The number of fused-ring (bicyclic) bond motifs is 1. The first-order chi connectivity index (χ1) is 11.0. The van der Waals surface area contributed by atoms with Crippen LogP contribution in [-0.2, 0) is 17.6 Å². The predicted molar refractivity (Wildman–Crippen MR) is 87.4 cm³/mol. The Morgan fingerprint density at radius 1 is 1.39 bits per heavy atom. The molecule has 0 saturated carbocycles. The fraction of sp³-hybridized carbons (Fsp3) is 0.312. The Morgan fingerprint density at radius 2 is 2.22 bits per heavy atom. The molecule has 0 unspecified atom stereocenters. The van der Waals surface area contributed by atoms with E-state index in [-0.39, 0.29) is 17.7 Å². The van der Waals surface area contributed by atoms with Gasteiger partial charge in [0.05, 0.1) is 12.2 Å². The third kappa shape index (κ3) is 3.59. The summed E-state index contributed by atoms with van der Waals surface area (Å²) in [4.78, 5) is 22.4. The van der Waals surface area contributed by atoms with Crippen molar-refractivity contribution in [2.75, 3.05) is 23.8 Å². The monoisotopic (exact) mass is 334 g/mol. The topological polar surface area (TPSA) is 58.1 Å². The van der Waals surface area contributed by atoms with E-state index in [1.54, 1.807) is 24.1 Å². The maximum Gasteiger partial charge on any atom is 0.243 e. The normalized spacial score (nSPS) is 12.8. The molecule has 2 aromatic rings. The zero-order valence-corrected chi connectivity index (χ0v) is 13.4. The molecule has 120 valence electrons. The summed E-state index contributed by atoms with van der Waals surface area (Å²) in [7, 11) is 1.78. The molecule has 0 bridgehead atoms. The Bertz CT molecular complexity index is 753. The summed E-state index contributed by atoms with van der Waals surface area (Å²) in [5.41, 5.74) is 2.43. The minimum absolute atomic E-state index is 0.0935. The Hall–Kier alpha value is -2.21. The summed E-state index contributed by atoms with van der Waals surface area (Å²) < 4.78 is 13.1. The van der Waals surface area contributed by atoms with Crippen LogP contribution in [0.1, 0.15) is 17.7 Å². The smallest absolute Gasteiger partial charge is 0.243 e. The molecule has 0 saturated heterocycles. The summed E-state index contributed by atoms with van der Waals surface area (Å²) in [5.74, 6) is 0.0445. The van der Waals surface area contributed by atoms with Crippen LogP contribution in [0.15, 0.2) is 24.3 Å². The maximum atomic E-state index is 13.1. The first-order valence-corrected chi connectivity index (χ1v) is 7.72. The first kappa shape index (κ1) is 15.7. The lowest BCUT2D eigenvalue weighted by molar-refractivity contribution is -0.114. The molecule has 1 aromatic heterocycles. The number of carbonyl (C=O) groups excluding carboxylic acids is 1. The molecule has 5 nitrogen and oxygen atoms in total. The number of aryl methyl sites for hydroxylation is 1. The number of rotatable bonds is 4. The van der Waals surface area contributed by atoms with Gasteiger partial charge < -0.3 is 10.2 Å². The van der Waals surface area contributed by atoms with Crippen molar-refractivity contribution in [3.63, 3.8) is 0 Å². The van der Waals surface area contributed by atoms with Crippen molar-refractivity contribution in [1.82, 2.24) is 9.97 Å². The minimum atomic E-state index is -0.392. The van der Waals surface area contributed by atoms with E-state index in [1.807, 2.05) is 0 Å². The van der Waals surface area contributed by atoms with Crippen LogP contribution in [0.25, 0.3) is 0 Å². The number of benzene rings is 1. The van der Waals surface area contributed by atoms with Crippen LogP contribution in [0.4, 0.5) is 15.9 Å². The quantitative estimate of drug-likeness (QED) is 0.873. The minimum Gasteiger partial charge on any atom is -0.350 e. The molecule has 0 atom stereocenters. The predicted octanol–water partition coefficient (Wildman–Crippen LogP) is 2.83. The van der Waals surface area contributed by atoms with Gasteiger partial charge in [-0.25, -0.2) is 14.4 Å². The summed E-state index contributed by atoms with van der Waals surface area (Å²) in [6.07, 6.45) is 2.78. The zero-order valence-electron chi connectivity index (χ0n) is 12.6. The number of nitrogens with one attached hydrogen (secondary N) is 1. The molecule has 1 aliphatic carbocycles. The summed E-state index contributed by atoms with van der Waals surface area (Å²) >= 11 is 5.97. The van der Waals surface area contributed by atoms with E-state index in [4.69, 9.17) is 11.6 Å². The van der Waals surface area contributed by atoms with Crippen molar-refractivity contribution in [1.29, 1.82) is 0 Å². The number of hydrogen-bond acceptors (Lipinski definition) is 4. The second-order valence-electron chi connectivity index (χ2n) is 5.51. The molecule has 1 heterocycles. The van der Waals surface area contributed by atoms with Crippen LogP contribution in [0.5, 0.6) is 0 Å². The van der Waals surface area contributed by atoms with Gasteiger partial charge in [-0.05, 0) is 49.1 Å². The van der Waals surface area contributed by atoms with Gasteiger partial charge in [-0.1, -0.05) is 6.07 Å². The summed E-state index contributed by atoms with van der Waals surface area (Å²) in [6.45, 7) is 0.0935. The highest BCUT2D eigenvalue weighted by atomic mass is 35.5. The van der Waals surface area contributed by atoms with Crippen LogP contribution in [0.3, 0.4) is 0 Å². The number of halogens is 2. The molecule has 0 spiro atoms. The van der Waals surface area contributed by atoms with Gasteiger partial charge in [-0.15, -0.1) is 0 Å². The van der Waals surface area contributed by atoms with Gasteiger partial charge in [0.15, 0.2) is 0 Å². The first-order valence-electron chi connectivity index (χ1n) is 7.35. The van der Waals surface area contributed by atoms with Gasteiger partial charge in [0.2, 0.25) is 11.2 Å². The van der Waals surface area contributed by atoms with E-state index in [0.717, 1.165) is 30.5 Å². The van der Waals surface area contributed by atoms with E-state index < -0.39 is 5.82 Å². The zero-order chi connectivity index (χ0) is 16.4. The number of aromatic nitrogens is 2. The molecule has 1 aliphatic rings. The number of nitrogens with zero attached hydrogens (tertiary/aromatic N) is 3. The van der Waals surface area contributed by atoms with E-state index in [1.165, 1.54) is 12.1 Å². The Kier molecular flexibility index (Phi) is 4.43. The highest BCUT2D eigenvalue weighted by molar-refractivity contribution is 6.28. The van der Waals surface area contributed by atoms with Crippen molar-refractivity contribution in [2.24, 2.45) is 0 Å². The number of anilines is 2. The van der Waals surface area contributed by atoms with Gasteiger partial charge in [0.25, 0.3) is 0 Å². The van der Waals surface area contributed by atoms with Crippen molar-refractivity contribution in [2.45, 2.75) is 19.3 Å². The molecule has 23 heavy (non-hydrogen) atoms.